The Kier molecular flexibility index (Phi) is 62.7. The fraction of sp³-hybridized carbons (Fsp3) is 0.973. The van der Waals surface area contributed by atoms with Gasteiger partial charge in [0.15, 0.2) is 39.8 Å². The molecule has 2 aliphatic heterocycles. The van der Waals surface area contributed by atoms with E-state index in [4.69, 9.17) is 103 Å². The number of rotatable bonds is 79. The van der Waals surface area contributed by atoms with Crippen molar-refractivity contribution >= 4 is 45.2 Å². The van der Waals surface area contributed by atoms with Crippen molar-refractivity contribution < 1.29 is 132 Å². The quantitative estimate of drug-likeness (QED) is 0.0183. The van der Waals surface area contributed by atoms with Gasteiger partial charge in [0.05, 0.1) is 245 Å². The summed E-state index contributed by atoms with van der Waals surface area (Å²) in [5.41, 5.74) is 0. The van der Waals surface area contributed by atoms with Gasteiger partial charge in [0.1, 0.15) is 19.8 Å². The molecule has 2 fully saturated rings. The van der Waals surface area contributed by atoms with Crippen LogP contribution in [0.4, 0.5) is 0 Å². The van der Waals surface area contributed by atoms with E-state index < -0.39 is 45.5 Å². The fourth-order valence-corrected chi connectivity index (χ4v) is 29.6. The molecule has 2 N–H and O–H groups in total. The lowest BCUT2D eigenvalue weighted by molar-refractivity contribution is -0.906. The Morgan fingerprint density at radius 3 is 0.898 bits per heavy atom. The zero-order valence-corrected chi connectivity index (χ0v) is 73.6. The molecule has 0 amide bonds. The number of unbranched alkanes of at least 4 members (excludes halogenated alkanes) is 1. The number of carbonyl (C=O) groups is 2. The summed E-state index contributed by atoms with van der Waals surface area (Å²) in [5.74, 6) is -0.461. The molecular formula is C74H156N4O26Si4+2. The van der Waals surface area contributed by atoms with Crippen molar-refractivity contribution in [2.75, 3.05) is 331 Å². The first-order valence-corrected chi connectivity index (χ1v) is 53.0. The third kappa shape index (κ3) is 65.0. The molecule has 2 heterocycles. The van der Waals surface area contributed by atoms with E-state index in [0.29, 0.717) is 255 Å². The molecule has 2 unspecified atom stereocenters. The predicted octanol–water partition coefficient (Wildman–Crippen LogP) is 5.77. The molecule has 0 bridgehead atoms. The average Bonchev–Trinajstić information content (AvgIpc) is 0.862. The summed E-state index contributed by atoms with van der Waals surface area (Å²) in [4.78, 5) is 39.1. The van der Waals surface area contributed by atoms with Crippen molar-refractivity contribution in [3.05, 3.63) is 0 Å². The largest absolute Gasteiger partial charge is 0.463 e. The number of β-amino-alcohol motifs (C(OH)–C–C–N with tert-alkyl or cyclic N) is 2. The standard InChI is InChI=1S/C74H156N4O26Si4/c1-13-73(81)99-59-56-94-53-50-86-37-34-83-28-14-15-29-84-35-38-87-52-55-96-58-61-102-101-33-19-65-108(11,12)104-105(5,6)62-16-30-85-36-39-88-40-41-89-42-43-90-44-45-91-46-47-92-48-49-93-51-54-95-57-60-100-74(82)68-78(4)26-22-76(23-27-78)67-72(80)70-98-32-18-64-107(9,10)103-106(7,8)63-17-31-97-69-71(79)66-75-20-24-77(2,3)25-21-75/h71-72,79-80H,13-70H2,1-12H3/q+2. The molecule has 0 aliphatic carbocycles. The van der Waals surface area contributed by atoms with Crippen molar-refractivity contribution in [1.82, 2.24) is 9.80 Å². The molecule has 0 saturated carbocycles. The second-order valence-electron chi connectivity index (χ2n) is 31.0. The highest BCUT2D eigenvalue weighted by molar-refractivity contribution is 6.85. The third-order valence-corrected chi connectivity index (χ3v) is 33.0. The number of aliphatic hydroxyl groups excluding tert-OH is 2. The van der Waals surface area contributed by atoms with Crippen LogP contribution in [0.3, 0.4) is 0 Å². The van der Waals surface area contributed by atoms with Crippen LogP contribution in [0.15, 0.2) is 0 Å². The van der Waals surface area contributed by atoms with E-state index in [1.807, 2.05) is 0 Å². The number of hydrogen-bond acceptors (Lipinski definition) is 28. The third-order valence-electron chi connectivity index (χ3n) is 17.9. The van der Waals surface area contributed by atoms with Crippen molar-refractivity contribution in [3.63, 3.8) is 0 Å². The smallest absolute Gasteiger partial charge is 0.361 e. The van der Waals surface area contributed by atoms with Crippen LogP contribution in [0, 0.1) is 0 Å². The number of carbonyl (C=O) groups excluding carboxylic acids is 2. The molecule has 0 spiro atoms. The minimum atomic E-state index is -1.88. The predicted molar refractivity (Wildman–Crippen MR) is 424 cm³/mol. The second-order valence-corrected chi connectivity index (χ2v) is 48.8. The lowest BCUT2D eigenvalue weighted by Crippen LogP contribution is -2.60. The van der Waals surface area contributed by atoms with Gasteiger partial charge in [-0.15, -0.1) is 0 Å². The lowest BCUT2D eigenvalue weighted by Gasteiger charge is -2.41. The van der Waals surface area contributed by atoms with E-state index in [1.54, 1.807) is 6.92 Å². The van der Waals surface area contributed by atoms with Gasteiger partial charge in [-0.3, -0.25) is 14.6 Å². The number of quaternary nitrogens is 2. The number of esters is 2. The molecule has 2 aliphatic rings. The van der Waals surface area contributed by atoms with E-state index in [9.17, 15) is 19.8 Å². The average molecular weight is 1630 g/mol. The van der Waals surface area contributed by atoms with Crippen LogP contribution in [0.5, 0.6) is 0 Å². The summed E-state index contributed by atoms with van der Waals surface area (Å²) in [6.07, 6.45) is 4.88. The number of piperazine rings is 2. The summed E-state index contributed by atoms with van der Waals surface area (Å²) in [6.45, 7) is 46.0. The first kappa shape index (κ1) is 103. The Hall–Kier alpha value is -1.23. The van der Waals surface area contributed by atoms with Gasteiger partial charge in [-0.2, -0.15) is 0 Å². The van der Waals surface area contributed by atoms with Crippen molar-refractivity contribution in [2.24, 2.45) is 0 Å². The van der Waals surface area contributed by atoms with Crippen molar-refractivity contribution in [2.45, 2.75) is 141 Å². The Labute approximate surface area is 655 Å². The number of ether oxygens (including phenoxy) is 18. The van der Waals surface area contributed by atoms with Crippen LogP contribution < -0.4 is 0 Å². The highest BCUT2D eigenvalue weighted by atomic mass is 28.4. The lowest BCUT2D eigenvalue weighted by atomic mass is 10.2. The molecule has 34 heteroatoms. The highest BCUT2D eigenvalue weighted by Crippen LogP contribution is 2.26. The Morgan fingerprint density at radius 1 is 0.324 bits per heavy atom. The molecule has 0 radical (unpaired) electrons. The van der Waals surface area contributed by atoms with Gasteiger partial charge in [0.25, 0.3) is 0 Å². The maximum atomic E-state index is 12.7. The molecule has 0 aromatic rings. The number of aliphatic hydroxyl groups is 2. The van der Waals surface area contributed by atoms with Crippen LogP contribution in [0.25, 0.3) is 0 Å². The monoisotopic (exact) mass is 1630 g/mol. The van der Waals surface area contributed by atoms with Crippen LogP contribution in [0.1, 0.15) is 51.9 Å². The highest BCUT2D eigenvalue weighted by Gasteiger charge is 2.35. The summed E-state index contributed by atoms with van der Waals surface area (Å²) in [5, 5.41) is 21.3. The maximum absolute atomic E-state index is 12.7. The van der Waals surface area contributed by atoms with E-state index >= 15 is 0 Å². The summed E-state index contributed by atoms with van der Waals surface area (Å²) in [6, 6.07) is 4.08. The molecule has 0 aromatic carbocycles. The molecule has 2 atom stereocenters. The van der Waals surface area contributed by atoms with Gasteiger partial charge in [-0.05, 0) is 115 Å². The van der Waals surface area contributed by atoms with Crippen LogP contribution in [0.2, 0.25) is 76.6 Å². The zero-order chi connectivity index (χ0) is 79.0. The molecule has 2 rings (SSSR count). The minimum absolute atomic E-state index is 0.193. The van der Waals surface area contributed by atoms with Gasteiger partial charge in [-0.25, -0.2) is 14.6 Å². The van der Waals surface area contributed by atoms with Crippen molar-refractivity contribution in [3.8, 4) is 0 Å². The van der Waals surface area contributed by atoms with Gasteiger partial charge < -0.3 is 113 Å². The van der Waals surface area contributed by atoms with Crippen LogP contribution >= 0.6 is 0 Å². The normalized spacial score (nSPS) is 16.0. The molecule has 30 nitrogen and oxygen atoms in total. The molecule has 2 saturated heterocycles. The molecular weight excluding hydrogens is 1470 g/mol. The van der Waals surface area contributed by atoms with Gasteiger partial charge >= 0.3 is 11.9 Å². The maximum Gasteiger partial charge on any atom is 0.361 e. The number of likely N-dealkylation sites (N-methyl/N-ethyl adjacent to an activating group) is 2. The topological polar surface area (TPSA) is 284 Å². The summed E-state index contributed by atoms with van der Waals surface area (Å²) >= 11 is 0. The van der Waals surface area contributed by atoms with E-state index in [-0.39, 0.29) is 25.2 Å². The minimum Gasteiger partial charge on any atom is -0.463 e. The Morgan fingerprint density at radius 2 is 0.574 bits per heavy atom. The summed E-state index contributed by atoms with van der Waals surface area (Å²) < 4.78 is 116. The van der Waals surface area contributed by atoms with Gasteiger partial charge in [-0.1, -0.05) is 6.92 Å². The van der Waals surface area contributed by atoms with E-state index in [1.165, 1.54) is 0 Å². The second kappa shape index (κ2) is 65.9. The first-order chi connectivity index (χ1) is 51.8. The van der Waals surface area contributed by atoms with Gasteiger partial charge in [0.2, 0.25) is 0 Å². The SMILES string of the molecule is CCC(=O)OCCOCCOCCOCCCCOCCOCCOCCOOCCC[Si](C)(C)O[Si](C)(C)CCCOCCOCCOCCOCCOCCOCCOCCOCCOC(=O)C[N+]1(C)CCN(CC(O)COCCC[Si](C)(C)O[Si](C)(C)CCCOCC(O)CN2CC[N+](C)(C)CC2)CC1. The van der Waals surface area contributed by atoms with Crippen LogP contribution in [-0.4, -0.2) is 417 Å². The Bertz CT molecular complexity index is 2080. The van der Waals surface area contributed by atoms with Crippen LogP contribution in [-0.2, 0) is 113 Å². The zero-order valence-electron chi connectivity index (χ0n) is 69.6. The molecule has 108 heavy (non-hydrogen) atoms. The van der Waals surface area contributed by atoms with Gasteiger partial charge in [0, 0.05) is 78.7 Å². The number of hydrogen-bond donors (Lipinski definition) is 2. The first-order valence-electron chi connectivity index (χ1n) is 40.5. The molecule has 642 valence electrons. The fourth-order valence-electron chi connectivity index (χ4n) is 12.0. The van der Waals surface area contributed by atoms with E-state index in [2.05, 4.69) is 83.3 Å². The Balaban J connectivity index is 1.25. The number of nitrogens with zero attached hydrogens (tertiary/aromatic N) is 4. The summed E-state index contributed by atoms with van der Waals surface area (Å²) in [7, 11) is -0.828. The van der Waals surface area contributed by atoms with Crippen molar-refractivity contribution in [1.29, 1.82) is 0 Å². The van der Waals surface area contributed by atoms with E-state index in [0.717, 1.165) is 120 Å². The molecule has 0 aromatic heterocycles.